The maximum atomic E-state index is 6.09. The monoisotopic (exact) mass is 411 g/mol. The minimum atomic E-state index is 0.416. The van der Waals surface area contributed by atoms with Crippen LogP contribution in [0.4, 0.5) is 0 Å². The van der Waals surface area contributed by atoms with E-state index in [0.717, 1.165) is 11.6 Å². The van der Waals surface area contributed by atoms with Crippen LogP contribution in [0.5, 0.6) is 10.9 Å². The zero-order chi connectivity index (χ0) is 15.2. The molecule has 0 bridgehead atoms. The summed E-state index contributed by atoms with van der Waals surface area (Å²) in [7, 11) is 1.66. The average molecular weight is 413 g/mol. The predicted octanol–water partition coefficient (Wildman–Crippen LogP) is 4.14. The second kappa shape index (κ2) is 8.26. The molecule has 1 aromatic carbocycles. The molecule has 0 aliphatic carbocycles. The Bertz CT molecular complexity index is 612. The Kier molecular flexibility index (Phi) is 6.66. The Morgan fingerprint density at radius 1 is 1.29 bits per heavy atom. The van der Waals surface area contributed by atoms with E-state index in [0.29, 0.717) is 38.6 Å². The summed E-state index contributed by atoms with van der Waals surface area (Å²) in [6.45, 7) is 2.01. The van der Waals surface area contributed by atoms with Gasteiger partial charge in [-0.05, 0) is 22.0 Å². The molecule has 1 heterocycles. The predicted molar refractivity (Wildman–Crippen MR) is 87.7 cm³/mol. The molecule has 0 saturated heterocycles. The van der Waals surface area contributed by atoms with Crippen LogP contribution in [0, 0.1) is 0 Å². The fraction of sp³-hybridized carbons (Fsp3) is 0.333. The van der Waals surface area contributed by atoms with Crippen molar-refractivity contribution in [1.29, 1.82) is 0 Å². The van der Waals surface area contributed by atoms with Gasteiger partial charge in [-0.3, -0.25) is 0 Å². The number of rotatable bonds is 7. The van der Waals surface area contributed by atoms with E-state index in [1.807, 2.05) is 0 Å². The highest BCUT2D eigenvalue weighted by atomic mass is 79.9. The van der Waals surface area contributed by atoms with Crippen molar-refractivity contribution in [3.05, 3.63) is 31.7 Å². The highest BCUT2D eigenvalue weighted by molar-refractivity contribution is 9.10. The zero-order valence-electron chi connectivity index (χ0n) is 11.0. The van der Waals surface area contributed by atoms with Crippen molar-refractivity contribution >= 4 is 50.5 Å². The van der Waals surface area contributed by atoms with Crippen LogP contribution in [-0.2, 0) is 11.3 Å². The van der Waals surface area contributed by atoms with E-state index in [2.05, 4.69) is 31.4 Å². The lowest BCUT2D eigenvalue weighted by Gasteiger charge is -2.05. The number of hydrogen-bond acceptors (Lipinski definition) is 6. The molecule has 1 N–H and O–H groups in total. The van der Waals surface area contributed by atoms with Gasteiger partial charge in [-0.1, -0.05) is 39.6 Å². The van der Waals surface area contributed by atoms with Crippen LogP contribution >= 0.6 is 50.5 Å². The quantitative estimate of drug-likeness (QED) is 0.547. The van der Waals surface area contributed by atoms with Crippen molar-refractivity contribution in [2.45, 2.75) is 6.54 Å². The van der Waals surface area contributed by atoms with E-state index >= 15 is 0 Å². The third-order valence-corrected chi connectivity index (χ3v) is 4.67. The first-order chi connectivity index (χ1) is 10.1. The van der Waals surface area contributed by atoms with Gasteiger partial charge in [0.05, 0.1) is 16.7 Å². The van der Waals surface area contributed by atoms with Crippen molar-refractivity contribution in [1.82, 2.24) is 15.5 Å². The third kappa shape index (κ3) is 5.05. The summed E-state index contributed by atoms with van der Waals surface area (Å²) >= 11 is 16.7. The molecule has 114 valence electrons. The molecular weight excluding hydrogens is 401 g/mol. The summed E-state index contributed by atoms with van der Waals surface area (Å²) in [5, 5.41) is 13.4. The van der Waals surface area contributed by atoms with Crippen molar-refractivity contribution in [2.75, 3.05) is 20.3 Å². The molecule has 0 aliphatic heterocycles. The molecule has 0 spiro atoms. The molecule has 5 nitrogen and oxygen atoms in total. The van der Waals surface area contributed by atoms with Crippen LogP contribution in [0.1, 0.15) is 5.01 Å². The van der Waals surface area contributed by atoms with E-state index < -0.39 is 0 Å². The van der Waals surface area contributed by atoms with E-state index in [1.165, 1.54) is 11.3 Å². The number of nitrogens with zero attached hydrogens (tertiary/aromatic N) is 2. The van der Waals surface area contributed by atoms with Crippen LogP contribution in [0.2, 0.25) is 10.0 Å². The average Bonchev–Trinajstić information content (AvgIpc) is 2.89. The Labute approximate surface area is 144 Å². The van der Waals surface area contributed by atoms with E-state index in [4.69, 9.17) is 32.7 Å². The van der Waals surface area contributed by atoms with E-state index in [-0.39, 0.29) is 0 Å². The molecule has 21 heavy (non-hydrogen) atoms. The molecule has 0 amide bonds. The number of aromatic nitrogens is 2. The molecular formula is C12H12BrCl2N3O2S. The number of ether oxygens (including phenoxy) is 2. The van der Waals surface area contributed by atoms with Crippen LogP contribution in [0.25, 0.3) is 0 Å². The lowest BCUT2D eigenvalue weighted by molar-refractivity contribution is 0.199. The highest BCUT2D eigenvalue weighted by Gasteiger charge is 2.11. The SMILES string of the molecule is COCCNCc1nnc(Oc2cc(Cl)c(Br)cc2Cl)s1. The number of methoxy groups -OCH3 is 1. The fourth-order valence-corrected chi connectivity index (χ4v) is 2.90. The van der Waals surface area contributed by atoms with Gasteiger partial charge in [0.25, 0.3) is 5.19 Å². The lowest BCUT2D eigenvalue weighted by Crippen LogP contribution is -2.18. The minimum Gasteiger partial charge on any atom is -0.428 e. The van der Waals surface area contributed by atoms with Crippen molar-refractivity contribution < 1.29 is 9.47 Å². The normalized spacial score (nSPS) is 10.9. The zero-order valence-corrected chi connectivity index (χ0v) is 14.9. The van der Waals surface area contributed by atoms with Gasteiger partial charge in [0.15, 0.2) is 5.75 Å². The summed E-state index contributed by atoms with van der Waals surface area (Å²) in [6.07, 6.45) is 0. The Morgan fingerprint density at radius 3 is 2.86 bits per heavy atom. The first-order valence-electron chi connectivity index (χ1n) is 5.94. The summed E-state index contributed by atoms with van der Waals surface area (Å²) in [5.41, 5.74) is 0. The summed E-state index contributed by atoms with van der Waals surface area (Å²) in [4.78, 5) is 0. The van der Waals surface area contributed by atoms with Gasteiger partial charge in [0, 0.05) is 30.7 Å². The molecule has 2 rings (SSSR count). The van der Waals surface area contributed by atoms with Gasteiger partial charge in [-0.2, -0.15) is 0 Å². The van der Waals surface area contributed by atoms with Gasteiger partial charge in [-0.25, -0.2) is 0 Å². The molecule has 0 atom stereocenters. The maximum Gasteiger partial charge on any atom is 0.299 e. The van der Waals surface area contributed by atoms with Gasteiger partial charge in [0.2, 0.25) is 0 Å². The largest absolute Gasteiger partial charge is 0.428 e. The van der Waals surface area contributed by atoms with Gasteiger partial charge >= 0.3 is 0 Å². The van der Waals surface area contributed by atoms with Crippen LogP contribution in [0.15, 0.2) is 16.6 Å². The fourth-order valence-electron chi connectivity index (χ4n) is 1.40. The number of halogens is 3. The van der Waals surface area contributed by atoms with Crippen LogP contribution < -0.4 is 10.1 Å². The van der Waals surface area contributed by atoms with Gasteiger partial charge in [0.1, 0.15) is 5.01 Å². The van der Waals surface area contributed by atoms with Crippen molar-refractivity contribution in [3.63, 3.8) is 0 Å². The molecule has 1 aromatic heterocycles. The molecule has 0 aliphatic rings. The lowest BCUT2D eigenvalue weighted by atomic mass is 10.3. The van der Waals surface area contributed by atoms with E-state index in [1.54, 1.807) is 19.2 Å². The number of nitrogens with one attached hydrogen (secondary N) is 1. The summed E-state index contributed by atoms with van der Waals surface area (Å²) < 4.78 is 11.3. The maximum absolute atomic E-state index is 6.09. The van der Waals surface area contributed by atoms with E-state index in [9.17, 15) is 0 Å². The molecule has 0 unspecified atom stereocenters. The number of benzene rings is 1. The van der Waals surface area contributed by atoms with Crippen LogP contribution in [-0.4, -0.2) is 30.5 Å². The smallest absolute Gasteiger partial charge is 0.299 e. The third-order valence-electron chi connectivity index (χ3n) is 2.38. The standard InChI is InChI=1S/C12H12BrCl2N3O2S/c1-19-3-2-16-6-11-17-18-12(21-11)20-10-5-8(14)7(13)4-9(10)15/h4-5,16H,2-3,6H2,1H3. The second-order valence-electron chi connectivity index (χ2n) is 3.93. The Hall–Kier alpha value is -0.440. The topological polar surface area (TPSA) is 56.3 Å². The molecule has 2 aromatic rings. The van der Waals surface area contributed by atoms with Gasteiger partial charge in [-0.15, -0.1) is 5.10 Å². The van der Waals surface area contributed by atoms with Crippen LogP contribution in [0.3, 0.4) is 0 Å². The van der Waals surface area contributed by atoms with Gasteiger partial charge < -0.3 is 14.8 Å². The molecule has 0 fully saturated rings. The molecule has 0 saturated carbocycles. The first kappa shape index (κ1) is 16.9. The van der Waals surface area contributed by atoms with Crippen molar-refractivity contribution in [3.8, 4) is 10.9 Å². The minimum absolute atomic E-state index is 0.416. The first-order valence-corrected chi connectivity index (χ1v) is 8.31. The Balaban J connectivity index is 1.97. The Morgan fingerprint density at radius 2 is 2.10 bits per heavy atom. The second-order valence-corrected chi connectivity index (χ2v) is 6.62. The highest BCUT2D eigenvalue weighted by Crippen LogP contribution is 2.37. The summed E-state index contributed by atoms with van der Waals surface area (Å²) in [5.74, 6) is 0.444. The summed E-state index contributed by atoms with van der Waals surface area (Å²) in [6, 6.07) is 3.30. The molecule has 0 radical (unpaired) electrons. The van der Waals surface area contributed by atoms with Crippen molar-refractivity contribution in [2.24, 2.45) is 0 Å². The number of hydrogen-bond donors (Lipinski definition) is 1. The molecule has 9 heteroatoms.